The topological polar surface area (TPSA) is 57.7 Å². The largest absolute Gasteiger partial charge is 0.383 e. The monoisotopic (exact) mass is 386 g/mol. The number of benzene rings is 1. The van der Waals surface area contributed by atoms with Crippen molar-refractivity contribution in [3.8, 4) is 0 Å². The average molecular weight is 386 g/mol. The van der Waals surface area contributed by atoms with Gasteiger partial charge >= 0.3 is 6.03 Å². The number of piperidine rings is 1. The maximum atomic E-state index is 13.4. The zero-order valence-corrected chi connectivity index (χ0v) is 16.2. The van der Waals surface area contributed by atoms with Crippen molar-refractivity contribution in [2.24, 2.45) is 0 Å². The molecule has 6 nitrogen and oxygen atoms in total. The first-order valence-electron chi connectivity index (χ1n) is 9.59. The van der Waals surface area contributed by atoms with Gasteiger partial charge in [-0.25, -0.2) is 9.18 Å². The van der Waals surface area contributed by atoms with Crippen LogP contribution in [0.4, 0.5) is 14.9 Å². The standard InChI is InChI=1S/C21H27FN4O2/c1-28-14-13-26(21(27)24-19-4-2-3-18(22)15-19)20-7-11-25(12-8-20)16-17-5-9-23-10-6-17/h2-6,9-10,15,20H,7-8,11-14,16H2,1H3,(H,24,27). The molecule has 3 rings (SSSR count). The fourth-order valence-corrected chi connectivity index (χ4v) is 3.54. The van der Waals surface area contributed by atoms with Gasteiger partial charge in [-0.2, -0.15) is 0 Å². The lowest BCUT2D eigenvalue weighted by Crippen LogP contribution is -2.49. The molecular formula is C21H27FN4O2. The van der Waals surface area contributed by atoms with Gasteiger partial charge in [0.1, 0.15) is 5.82 Å². The van der Waals surface area contributed by atoms with E-state index in [-0.39, 0.29) is 17.9 Å². The van der Waals surface area contributed by atoms with Gasteiger partial charge in [-0.1, -0.05) is 6.07 Å². The van der Waals surface area contributed by atoms with Crippen LogP contribution >= 0.6 is 0 Å². The van der Waals surface area contributed by atoms with Gasteiger partial charge in [0, 0.05) is 57.4 Å². The number of hydrogen-bond donors (Lipinski definition) is 1. The van der Waals surface area contributed by atoms with E-state index in [1.807, 2.05) is 29.4 Å². The van der Waals surface area contributed by atoms with Crippen LogP contribution in [0.25, 0.3) is 0 Å². The van der Waals surface area contributed by atoms with Crippen molar-refractivity contribution in [3.05, 3.63) is 60.2 Å². The second-order valence-electron chi connectivity index (χ2n) is 6.99. The third kappa shape index (κ3) is 5.74. The van der Waals surface area contributed by atoms with E-state index < -0.39 is 0 Å². The van der Waals surface area contributed by atoms with E-state index in [0.717, 1.165) is 32.5 Å². The minimum absolute atomic E-state index is 0.136. The number of nitrogens with one attached hydrogen (secondary N) is 1. The number of anilines is 1. The Bertz CT molecular complexity index is 751. The fourth-order valence-electron chi connectivity index (χ4n) is 3.54. The molecule has 2 amide bonds. The molecule has 7 heteroatoms. The number of hydrogen-bond acceptors (Lipinski definition) is 4. The summed E-state index contributed by atoms with van der Waals surface area (Å²) in [5, 5.41) is 2.81. The first kappa shape index (κ1) is 20.2. The minimum atomic E-state index is -0.370. The second kappa shape index (κ2) is 10.1. The smallest absolute Gasteiger partial charge is 0.322 e. The molecule has 2 aromatic rings. The van der Waals surface area contributed by atoms with Gasteiger partial charge in [-0.3, -0.25) is 9.88 Å². The summed E-state index contributed by atoms with van der Waals surface area (Å²) in [4.78, 5) is 21.1. The molecule has 28 heavy (non-hydrogen) atoms. The lowest BCUT2D eigenvalue weighted by atomic mass is 10.0. The van der Waals surface area contributed by atoms with Gasteiger partial charge in [0.15, 0.2) is 0 Å². The van der Waals surface area contributed by atoms with Crippen LogP contribution in [0.1, 0.15) is 18.4 Å². The summed E-state index contributed by atoms with van der Waals surface area (Å²) in [6.45, 7) is 3.71. The molecule has 1 aliphatic rings. The van der Waals surface area contributed by atoms with E-state index in [1.165, 1.54) is 17.7 Å². The van der Waals surface area contributed by atoms with E-state index >= 15 is 0 Å². The molecule has 1 aromatic heterocycles. The highest BCUT2D eigenvalue weighted by Gasteiger charge is 2.28. The Morgan fingerprint density at radius 2 is 2.04 bits per heavy atom. The number of methoxy groups -OCH3 is 1. The highest BCUT2D eigenvalue weighted by molar-refractivity contribution is 5.89. The highest BCUT2D eigenvalue weighted by atomic mass is 19.1. The van der Waals surface area contributed by atoms with E-state index in [1.54, 1.807) is 19.2 Å². The van der Waals surface area contributed by atoms with Crippen LogP contribution in [-0.2, 0) is 11.3 Å². The Morgan fingerprint density at radius 1 is 1.29 bits per heavy atom. The normalized spacial score (nSPS) is 15.4. The SMILES string of the molecule is COCCN(C(=O)Nc1cccc(F)c1)C1CCN(Cc2ccncc2)CC1. The average Bonchev–Trinajstić information content (AvgIpc) is 2.70. The molecule has 0 radical (unpaired) electrons. The van der Waals surface area contributed by atoms with E-state index in [4.69, 9.17) is 4.74 Å². The van der Waals surface area contributed by atoms with Crippen molar-refractivity contribution < 1.29 is 13.9 Å². The minimum Gasteiger partial charge on any atom is -0.383 e. The van der Waals surface area contributed by atoms with E-state index in [2.05, 4.69) is 15.2 Å². The van der Waals surface area contributed by atoms with Crippen LogP contribution in [-0.4, -0.2) is 60.2 Å². The van der Waals surface area contributed by atoms with E-state index in [0.29, 0.717) is 18.8 Å². The molecule has 2 heterocycles. The van der Waals surface area contributed by atoms with Gasteiger partial charge in [-0.15, -0.1) is 0 Å². The third-order valence-electron chi connectivity index (χ3n) is 5.03. The Morgan fingerprint density at radius 3 is 2.71 bits per heavy atom. The molecule has 0 spiro atoms. The fraction of sp³-hybridized carbons (Fsp3) is 0.429. The van der Waals surface area contributed by atoms with Gasteiger partial charge in [0.2, 0.25) is 0 Å². The summed E-state index contributed by atoms with van der Waals surface area (Å²) in [7, 11) is 1.62. The quantitative estimate of drug-likeness (QED) is 0.793. The summed E-state index contributed by atoms with van der Waals surface area (Å²) in [6.07, 6.45) is 5.41. The zero-order valence-electron chi connectivity index (χ0n) is 16.2. The molecule has 150 valence electrons. The number of aromatic nitrogens is 1. The summed E-state index contributed by atoms with van der Waals surface area (Å²) in [5.74, 6) is -0.370. The number of amides is 2. The number of likely N-dealkylation sites (tertiary alicyclic amines) is 1. The maximum absolute atomic E-state index is 13.4. The van der Waals surface area contributed by atoms with Crippen molar-refractivity contribution in [2.75, 3.05) is 38.7 Å². The number of pyridine rings is 1. The van der Waals surface area contributed by atoms with Crippen LogP contribution in [0, 0.1) is 5.82 Å². The Labute approximate surface area is 165 Å². The molecule has 0 unspecified atom stereocenters. The molecular weight excluding hydrogens is 359 g/mol. The van der Waals surface area contributed by atoms with Gasteiger partial charge < -0.3 is 15.0 Å². The lowest BCUT2D eigenvalue weighted by Gasteiger charge is -2.38. The molecule has 1 fully saturated rings. The number of nitrogens with zero attached hydrogens (tertiary/aromatic N) is 3. The molecule has 0 bridgehead atoms. The number of carbonyl (C=O) groups is 1. The molecule has 1 saturated heterocycles. The Hall–Kier alpha value is -2.51. The molecule has 1 aromatic carbocycles. The van der Waals surface area contributed by atoms with Gasteiger partial charge in [0.05, 0.1) is 6.61 Å². The van der Waals surface area contributed by atoms with Crippen molar-refractivity contribution in [2.45, 2.75) is 25.4 Å². The van der Waals surface area contributed by atoms with Crippen molar-refractivity contribution >= 4 is 11.7 Å². The van der Waals surface area contributed by atoms with E-state index in [9.17, 15) is 9.18 Å². The first-order valence-corrected chi connectivity index (χ1v) is 9.59. The third-order valence-corrected chi connectivity index (χ3v) is 5.03. The van der Waals surface area contributed by atoms with Crippen molar-refractivity contribution in [1.29, 1.82) is 0 Å². The molecule has 1 aliphatic heterocycles. The highest BCUT2D eigenvalue weighted by Crippen LogP contribution is 2.20. The summed E-state index contributed by atoms with van der Waals surface area (Å²) in [5.41, 5.74) is 1.70. The number of carbonyl (C=O) groups excluding carboxylic acids is 1. The molecule has 0 aliphatic carbocycles. The molecule has 0 atom stereocenters. The van der Waals surface area contributed by atoms with Gasteiger partial charge in [0.25, 0.3) is 0 Å². The van der Waals surface area contributed by atoms with Crippen molar-refractivity contribution in [1.82, 2.24) is 14.8 Å². The van der Waals surface area contributed by atoms with Crippen molar-refractivity contribution in [3.63, 3.8) is 0 Å². The molecule has 1 N–H and O–H groups in total. The van der Waals surface area contributed by atoms with Crippen LogP contribution < -0.4 is 5.32 Å². The lowest BCUT2D eigenvalue weighted by molar-refractivity contribution is 0.0984. The predicted octanol–water partition coefficient (Wildman–Crippen LogP) is 3.37. The second-order valence-corrected chi connectivity index (χ2v) is 6.99. The first-order chi connectivity index (χ1) is 13.7. The summed E-state index contributed by atoms with van der Waals surface area (Å²) < 4.78 is 18.6. The number of rotatable bonds is 7. The summed E-state index contributed by atoms with van der Waals surface area (Å²) in [6, 6.07) is 9.94. The predicted molar refractivity (Wildman–Crippen MR) is 107 cm³/mol. The number of halogens is 1. The number of ether oxygens (including phenoxy) is 1. The Kier molecular flexibility index (Phi) is 7.33. The zero-order chi connectivity index (χ0) is 19.8. The van der Waals surface area contributed by atoms with Crippen LogP contribution in [0.3, 0.4) is 0 Å². The number of urea groups is 1. The van der Waals surface area contributed by atoms with Crippen LogP contribution in [0.5, 0.6) is 0 Å². The van der Waals surface area contributed by atoms with Crippen LogP contribution in [0.15, 0.2) is 48.8 Å². The maximum Gasteiger partial charge on any atom is 0.322 e. The summed E-state index contributed by atoms with van der Waals surface area (Å²) >= 11 is 0. The molecule has 0 saturated carbocycles. The Balaban J connectivity index is 1.58. The van der Waals surface area contributed by atoms with Gasteiger partial charge in [-0.05, 0) is 48.7 Å². The van der Waals surface area contributed by atoms with Crippen LogP contribution in [0.2, 0.25) is 0 Å².